The summed E-state index contributed by atoms with van der Waals surface area (Å²) in [6.07, 6.45) is 11.4. The molecule has 4 aromatic rings. The molecular formula is C35H28N4O7. The second-order valence-electron chi connectivity index (χ2n) is 11.9. The Kier molecular flexibility index (Phi) is 6.47. The highest BCUT2D eigenvalue weighted by Crippen LogP contribution is 2.66. The van der Waals surface area contributed by atoms with E-state index in [4.69, 9.17) is 18.9 Å². The second kappa shape index (κ2) is 10.6. The lowest BCUT2D eigenvalue weighted by Gasteiger charge is -2.62. The molecule has 230 valence electrons. The number of pyridine rings is 3. The highest BCUT2D eigenvalue weighted by molar-refractivity contribution is 5.92. The van der Waals surface area contributed by atoms with Crippen LogP contribution in [0.25, 0.3) is 0 Å². The maximum Gasteiger partial charge on any atom is 0.345 e. The van der Waals surface area contributed by atoms with Crippen molar-refractivity contribution in [2.75, 3.05) is 13.6 Å². The molecule has 0 saturated carbocycles. The Labute approximate surface area is 263 Å². The van der Waals surface area contributed by atoms with E-state index in [1.807, 2.05) is 13.1 Å². The number of nitrogens with zero attached hydrogens (tertiary/aromatic N) is 4. The van der Waals surface area contributed by atoms with Gasteiger partial charge in [-0.2, -0.15) is 0 Å². The summed E-state index contributed by atoms with van der Waals surface area (Å²) < 4.78 is 25.4. The van der Waals surface area contributed by atoms with E-state index in [-0.39, 0.29) is 29.3 Å². The van der Waals surface area contributed by atoms with Gasteiger partial charge >= 0.3 is 17.9 Å². The van der Waals surface area contributed by atoms with E-state index in [9.17, 15) is 14.4 Å². The van der Waals surface area contributed by atoms with Crippen molar-refractivity contribution < 1.29 is 33.3 Å². The van der Waals surface area contributed by atoms with Gasteiger partial charge in [0.1, 0.15) is 11.4 Å². The molecule has 3 aromatic heterocycles. The molecule has 0 N–H and O–H groups in total. The van der Waals surface area contributed by atoms with E-state index < -0.39 is 35.0 Å². The molecule has 8 rings (SSSR count). The van der Waals surface area contributed by atoms with Gasteiger partial charge < -0.3 is 18.9 Å². The van der Waals surface area contributed by atoms with Crippen LogP contribution in [0, 0.1) is 0 Å². The highest BCUT2D eigenvalue weighted by Gasteiger charge is 2.74. The quantitative estimate of drug-likeness (QED) is 0.229. The third-order valence-corrected chi connectivity index (χ3v) is 9.68. The summed E-state index contributed by atoms with van der Waals surface area (Å²) in [5.41, 5.74) is 0.627. The van der Waals surface area contributed by atoms with E-state index in [1.54, 1.807) is 67.1 Å². The largest absolute Gasteiger partial charge is 0.477 e. The lowest BCUT2D eigenvalue weighted by Crippen LogP contribution is -2.75. The molecule has 0 amide bonds. The number of likely N-dealkylation sites (N-methyl/N-ethyl adjacent to an activating group) is 1. The fraction of sp³-hybridized carbons (Fsp3) is 0.257. The number of carbonyl (C=O) groups excluding carboxylic acids is 3. The minimum Gasteiger partial charge on any atom is -0.477 e. The number of esters is 3. The standard InChI is InChI=1S/C35H28N4O7/c1-39-16-12-34-28-21-8-9-25(43-31(40)22-5-2-13-36-18-22)29(28)45-30(34)26(44-32(41)23-6-3-14-37-19-23)10-11-35(34,27(39)17-21)46-33(42)24-7-4-15-38-20-24/h2-10,13-15,18-20,27,30H,11-12,16-17H2,1H3/t27-,30+,34+,35-/m1/s1. The number of hydrogen-bond acceptors (Lipinski definition) is 11. The molecule has 11 heteroatoms. The number of likely N-dealkylation sites (tertiary alicyclic amines) is 1. The van der Waals surface area contributed by atoms with Crippen LogP contribution in [0.1, 0.15) is 55.0 Å². The maximum atomic E-state index is 13.8. The number of benzene rings is 1. The Hall–Kier alpha value is -5.42. The normalized spacial score (nSPS) is 25.4. The zero-order chi connectivity index (χ0) is 31.5. The van der Waals surface area contributed by atoms with Crippen LogP contribution in [0.2, 0.25) is 0 Å². The van der Waals surface area contributed by atoms with Crippen molar-refractivity contribution in [3.05, 3.63) is 125 Å². The summed E-state index contributed by atoms with van der Waals surface area (Å²) in [6.45, 7) is 0.666. The third-order valence-electron chi connectivity index (χ3n) is 9.68. The molecule has 4 aliphatic rings. The van der Waals surface area contributed by atoms with Crippen LogP contribution < -0.4 is 9.47 Å². The van der Waals surface area contributed by atoms with Crippen molar-refractivity contribution >= 4 is 17.9 Å². The average Bonchev–Trinajstić information content (AvgIpc) is 3.45. The van der Waals surface area contributed by atoms with Gasteiger partial charge in [0.25, 0.3) is 0 Å². The Morgan fingerprint density at radius 1 is 0.848 bits per heavy atom. The molecule has 2 aliphatic heterocycles. The van der Waals surface area contributed by atoms with Crippen LogP contribution >= 0.6 is 0 Å². The molecule has 2 aliphatic carbocycles. The summed E-state index contributed by atoms with van der Waals surface area (Å²) in [5, 5.41) is 0. The summed E-state index contributed by atoms with van der Waals surface area (Å²) in [6, 6.07) is 13.4. The van der Waals surface area contributed by atoms with Crippen molar-refractivity contribution in [2.24, 2.45) is 0 Å². The first-order valence-electron chi connectivity index (χ1n) is 15.0. The van der Waals surface area contributed by atoms with Crippen molar-refractivity contribution in [3.63, 3.8) is 0 Å². The smallest absolute Gasteiger partial charge is 0.345 e. The Bertz CT molecular complexity index is 1900. The first-order chi connectivity index (χ1) is 22.4. The second-order valence-corrected chi connectivity index (χ2v) is 11.9. The molecule has 0 unspecified atom stereocenters. The summed E-state index contributed by atoms with van der Waals surface area (Å²) in [7, 11) is 2.03. The minimum atomic E-state index is -1.11. The number of aromatic nitrogens is 3. The number of rotatable bonds is 6. The average molecular weight is 617 g/mol. The highest BCUT2D eigenvalue weighted by atomic mass is 16.6. The van der Waals surface area contributed by atoms with Gasteiger partial charge in [-0.15, -0.1) is 0 Å². The predicted octanol–water partition coefficient (Wildman–Crippen LogP) is 4.09. The van der Waals surface area contributed by atoms with E-state index in [2.05, 4.69) is 19.9 Å². The van der Waals surface area contributed by atoms with Crippen molar-refractivity contribution in [2.45, 2.75) is 42.4 Å². The van der Waals surface area contributed by atoms with E-state index in [1.165, 1.54) is 18.6 Å². The van der Waals surface area contributed by atoms with Crippen LogP contribution in [-0.4, -0.2) is 69.1 Å². The summed E-state index contributed by atoms with van der Waals surface area (Å²) in [5.74, 6) is -0.788. The van der Waals surface area contributed by atoms with Gasteiger partial charge in [0.15, 0.2) is 17.6 Å². The number of hydrogen-bond donors (Lipinski definition) is 0. The van der Waals surface area contributed by atoms with Gasteiger partial charge in [-0.3, -0.25) is 19.9 Å². The van der Waals surface area contributed by atoms with Crippen molar-refractivity contribution in [1.29, 1.82) is 0 Å². The van der Waals surface area contributed by atoms with Gasteiger partial charge in [-0.1, -0.05) is 6.07 Å². The minimum absolute atomic E-state index is 0.220. The van der Waals surface area contributed by atoms with Crippen LogP contribution in [0.3, 0.4) is 0 Å². The molecule has 5 heterocycles. The van der Waals surface area contributed by atoms with Crippen LogP contribution in [-0.2, 0) is 21.3 Å². The van der Waals surface area contributed by atoms with Crippen LogP contribution in [0.4, 0.5) is 0 Å². The number of carbonyl (C=O) groups is 3. The van der Waals surface area contributed by atoms with E-state index in [0.717, 1.165) is 11.1 Å². The van der Waals surface area contributed by atoms with Gasteiger partial charge in [0.2, 0.25) is 0 Å². The summed E-state index contributed by atoms with van der Waals surface area (Å²) >= 11 is 0. The molecule has 0 radical (unpaired) electrons. The zero-order valence-corrected chi connectivity index (χ0v) is 24.8. The first kappa shape index (κ1) is 28.1. The van der Waals surface area contributed by atoms with Gasteiger partial charge in [-0.25, -0.2) is 14.4 Å². The molecule has 11 nitrogen and oxygen atoms in total. The maximum absolute atomic E-state index is 13.8. The van der Waals surface area contributed by atoms with E-state index >= 15 is 0 Å². The molecule has 2 bridgehead atoms. The third kappa shape index (κ3) is 4.08. The molecule has 1 fully saturated rings. The van der Waals surface area contributed by atoms with Crippen molar-refractivity contribution in [1.82, 2.24) is 19.9 Å². The fourth-order valence-electron chi connectivity index (χ4n) is 7.68. The number of piperidine rings is 1. The lowest BCUT2D eigenvalue weighted by molar-refractivity contribution is -0.167. The molecule has 1 spiro atoms. The summed E-state index contributed by atoms with van der Waals surface area (Å²) in [4.78, 5) is 54.8. The fourth-order valence-corrected chi connectivity index (χ4v) is 7.68. The molecule has 4 atom stereocenters. The molecule has 1 saturated heterocycles. The predicted molar refractivity (Wildman–Crippen MR) is 161 cm³/mol. The monoisotopic (exact) mass is 616 g/mol. The lowest BCUT2D eigenvalue weighted by atomic mass is 9.50. The first-order valence-corrected chi connectivity index (χ1v) is 15.0. The zero-order valence-electron chi connectivity index (χ0n) is 24.8. The Morgan fingerprint density at radius 3 is 2.11 bits per heavy atom. The number of ether oxygens (including phenoxy) is 4. The van der Waals surface area contributed by atoms with E-state index in [0.29, 0.717) is 36.5 Å². The van der Waals surface area contributed by atoms with Gasteiger partial charge in [0, 0.05) is 49.2 Å². The SMILES string of the molecule is CN1CC[C@]23c4c5ccc(OC(=O)c6cccnc6)c4O[C@H]2C(OC(=O)c2cccnc2)=CC[C@@]3(OC(=O)c2cccnc2)[C@H]1C5. The molecular weight excluding hydrogens is 588 g/mol. The van der Waals surface area contributed by atoms with Gasteiger partial charge in [0.05, 0.1) is 28.1 Å². The molecule has 46 heavy (non-hydrogen) atoms. The Morgan fingerprint density at radius 2 is 1.48 bits per heavy atom. The molecule has 1 aromatic carbocycles. The van der Waals surface area contributed by atoms with Crippen LogP contribution in [0.15, 0.2) is 97.5 Å². The van der Waals surface area contributed by atoms with Crippen molar-refractivity contribution in [3.8, 4) is 11.5 Å². The van der Waals surface area contributed by atoms with Crippen LogP contribution in [0.5, 0.6) is 11.5 Å². The topological polar surface area (TPSA) is 130 Å². The van der Waals surface area contributed by atoms with Gasteiger partial charge in [-0.05, 0) is 80.5 Å². The Balaban J connectivity index is 1.28.